The molecule has 0 aliphatic carbocycles. The van der Waals surface area contributed by atoms with Gasteiger partial charge in [-0.2, -0.15) is 0 Å². The molecular weight excluding hydrogens is 344 g/mol. The Kier molecular flexibility index (Phi) is 6.69. The molecule has 2 N–H and O–H groups in total. The highest BCUT2D eigenvalue weighted by molar-refractivity contribution is 8.00. The number of aryl methyl sites for hydroxylation is 1. The summed E-state index contributed by atoms with van der Waals surface area (Å²) in [6.07, 6.45) is 0.0170. The van der Waals surface area contributed by atoms with Crippen LogP contribution in [0.3, 0.4) is 0 Å². The Morgan fingerprint density at radius 3 is 2.80 bits per heavy atom. The summed E-state index contributed by atoms with van der Waals surface area (Å²) in [7, 11) is 1.53. The lowest BCUT2D eigenvalue weighted by Gasteiger charge is -2.27. The molecule has 136 valence electrons. The number of hydrogen-bond donors (Lipinski definition) is 2. The molecular formula is C17H22N2O5S. The third-order valence-electron chi connectivity index (χ3n) is 3.64. The van der Waals surface area contributed by atoms with Crippen molar-refractivity contribution in [2.24, 2.45) is 0 Å². The van der Waals surface area contributed by atoms with Crippen LogP contribution in [0.15, 0.2) is 18.2 Å². The summed E-state index contributed by atoms with van der Waals surface area (Å²) < 4.78 is 10.1. The highest BCUT2D eigenvalue weighted by atomic mass is 32.2. The smallest absolute Gasteiger partial charge is 0.329 e. The van der Waals surface area contributed by atoms with Crippen molar-refractivity contribution in [3.05, 3.63) is 23.8 Å². The van der Waals surface area contributed by atoms with Crippen molar-refractivity contribution in [1.82, 2.24) is 5.32 Å². The summed E-state index contributed by atoms with van der Waals surface area (Å²) in [5.41, 5.74) is 1.55. The van der Waals surface area contributed by atoms with Gasteiger partial charge < -0.3 is 20.1 Å². The molecule has 8 heteroatoms. The minimum atomic E-state index is -0.659. The Labute approximate surface area is 150 Å². The van der Waals surface area contributed by atoms with E-state index < -0.39 is 17.3 Å². The fraction of sp³-hybridized carbons (Fsp3) is 0.471. The molecule has 2 amide bonds. The number of methoxy groups -OCH3 is 1. The van der Waals surface area contributed by atoms with Crippen LogP contribution in [0.25, 0.3) is 0 Å². The monoisotopic (exact) mass is 366 g/mol. The summed E-state index contributed by atoms with van der Waals surface area (Å²) in [5.74, 6) is -0.124. The number of thioether (sulfide) groups is 1. The molecule has 0 saturated carbocycles. The van der Waals surface area contributed by atoms with E-state index in [4.69, 9.17) is 9.47 Å². The van der Waals surface area contributed by atoms with Crippen LogP contribution in [0.4, 0.5) is 5.69 Å². The zero-order valence-electron chi connectivity index (χ0n) is 14.5. The van der Waals surface area contributed by atoms with Crippen LogP contribution in [-0.4, -0.2) is 48.5 Å². The summed E-state index contributed by atoms with van der Waals surface area (Å²) in [6.45, 7) is 3.89. The average molecular weight is 366 g/mol. The predicted octanol–water partition coefficient (Wildman–Crippen LogP) is 1.50. The number of esters is 1. The van der Waals surface area contributed by atoms with Gasteiger partial charge >= 0.3 is 5.97 Å². The zero-order chi connectivity index (χ0) is 18.4. The first-order valence-electron chi connectivity index (χ1n) is 7.97. The lowest BCUT2D eigenvalue weighted by atomic mass is 10.2. The van der Waals surface area contributed by atoms with E-state index in [0.717, 1.165) is 5.56 Å². The maximum absolute atomic E-state index is 12.3. The van der Waals surface area contributed by atoms with Gasteiger partial charge in [0.1, 0.15) is 11.8 Å². The predicted molar refractivity (Wildman–Crippen MR) is 95.8 cm³/mol. The van der Waals surface area contributed by atoms with Gasteiger partial charge in [-0.05, 0) is 31.5 Å². The van der Waals surface area contributed by atoms with Gasteiger partial charge in [0.25, 0.3) is 0 Å². The number of amides is 2. The third-order valence-corrected chi connectivity index (χ3v) is 4.95. The molecule has 1 fully saturated rings. The quantitative estimate of drug-likeness (QED) is 0.741. The van der Waals surface area contributed by atoms with Gasteiger partial charge in [0.2, 0.25) is 11.8 Å². The maximum Gasteiger partial charge on any atom is 0.329 e. The average Bonchev–Trinajstić information content (AvgIpc) is 2.57. The van der Waals surface area contributed by atoms with Crippen LogP contribution in [0.2, 0.25) is 0 Å². The van der Waals surface area contributed by atoms with E-state index in [1.165, 1.54) is 18.9 Å². The van der Waals surface area contributed by atoms with Crippen molar-refractivity contribution in [2.45, 2.75) is 31.6 Å². The van der Waals surface area contributed by atoms with E-state index in [9.17, 15) is 14.4 Å². The second kappa shape index (κ2) is 8.75. The van der Waals surface area contributed by atoms with E-state index in [0.29, 0.717) is 17.2 Å². The molecule has 25 heavy (non-hydrogen) atoms. The molecule has 0 bridgehead atoms. The number of benzene rings is 1. The van der Waals surface area contributed by atoms with Crippen molar-refractivity contribution in [2.75, 3.05) is 24.8 Å². The Balaban J connectivity index is 1.92. The van der Waals surface area contributed by atoms with Crippen LogP contribution < -0.4 is 15.4 Å². The second-order valence-electron chi connectivity index (χ2n) is 5.59. The van der Waals surface area contributed by atoms with Gasteiger partial charge in [-0.1, -0.05) is 6.07 Å². The Morgan fingerprint density at radius 2 is 2.16 bits per heavy atom. The molecule has 1 aromatic carbocycles. The summed E-state index contributed by atoms with van der Waals surface area (Å²) >= 11 is 1.28. The number of nitrogens with one attached hydrogen (secondary N) is 2. The number of anilines is 1. The molecule has 2 atom stereocenters. The van der Waals surface area contributed by atoms with E-state index in [1.54, 1.807) is 13.0 Å². The van der Waals surface area contributed by atoms with Crippen molar-refractivity contribution in [3.8, 4) is 5.75 Å². The summed E-state index contributed by atoms with van der Waals surface area (Å²) in [4.78, 5) is 36.1. The SMILES string of the molecule is CCOC(=O)C1CSC(CC(=O)Nc2cc(C)ccc2OC)C(=O)N1. The molecule has 7 nitrogen and oxygen atoms in total. The van der Waals surface area contributed by atoms with Gasteiger partial charge in [0.05, 0.1) is 24.7 Å². The molecule has 2 rings (SSSR count). The normalized spacial score (nSPS) is 19.7. The van der Waals surface area contributed by atoms with Crippen LogP contribution in [0, 0.1) is 6.92 Å². The fourth-order valence-corrected chi connectivity index (χ4v) is 3.54. The molecule has 1 aromatic rings. The van der Waals surface area contributed by atoms with Crippen LogP contribution in [0.1, 0.15) is 18.9 Å². The highest BCUT2D eigenvalue weighted by Gasteiger charge is 2.34. The van der Waals surface area contributed by atoms with E-state index in [2.05, 4.69) is 10.6 Å². The largest absolute Gasteiger partial charge is 0.495 e. The molecule has 2 unspecified atom stereocenters. The van der Waals surface area contributed by atoms with Gasteiger partial charge in [-0.15, -0.1) is 11.8 Å². The molecule has 0 radical (unpaired) electrons. The Hall–Kier alpha value is -2.22. The maximum atomic E-state index is 12.3. The first-order valence-corrected chi connectivity index (χ1v) is 9.02. The minimum Gasteiger partial charge on any atom is -0.495 e. The standard InChI is InChI=1S/C17H22N2O5S/c1-4-24-17(22)12-9-25-14(16(21)19-12)8-15(20)18-11-7-10(2)5-6-13(11)23-3/h5-7,12,14H,4,8-9H2,1-3H3,(H,18,20)(H,19,21). The van der Waals surface area contributed by atoms with Gasteiger partial charge in [0, 0.05) is 12.2 Å². The van der Waals surface area contributed by atoms with E-state index >= 15 is 0 Å². The Bertz CT molecular complexity index is 664. The third kappa shape index (κ3) is 5.12. The molecule has 1 heterocycles. The van der Waals surface area contributed by atoms with Crippen molar-refractivity contribution in [3.63, 3.8) is 0 Å². The number of carbonyl (C=O) groups is 3. The first-order chi connectivity index (χ1) is 11.9. The number of carbonyl (C=O) groups excluding carboxylic acids is 3. The summed E-state index contributed by atoms with van der Waals surface area (Å²) in [6, 6.07) is 4.81. The van der Waals surface area contributed by atoms with Gasteiger partial charge in [-0.25, -0.2) is 4.79 Å². The summed E-state index contributed by atoms with van der Waals surface area (Å²) in [5, 5.41) is 4.85. The number of ether oxygens (including phenoxy) is 2. The number of rotatable bonds is 6. The molecule has 1 aliphatic heterocycles. The molecule has 1 aliphatic rings. The topological polar surface area (TPSA) is 93.7 Å². The van der Waals surface area contributed by atoms with Crippen LogP contribution >= 0.6 is 11.8 Å². The van der Waals surface area contributed by atoms with Crippen LogP contribution in [0.5, 0.6) is 5.75 Å². The minimum absolute atomic E-state index is 0.0170. The first kappa shape index (κ1) is 19.1. The Morgan fingerprint density at radius 1 is 1.40 bits per heavy atom. The van der Waals surface area contributed by atoms with E-state index in [1.807, 2.05) is 19.1 Å². The van der Waals surface area contributed by atoms with E-state index in [-0.39, 0.29) is 24.8 Å². The molecule has 0 spiro atoms. The lowest BCUT2D eigenvalue weighted by molar-refractivity contribution is -0.146. The highest BCUT2D eigenvalue weighted by Crippen LogP contribution is 2.27. The van der Waals surface area contributed by atoms with Gasteiger partial charge in [-0.3, -0.25) is 9.59 Å². The fourth-order valence-electron chi connectivity index (χ4n) is 2.40. The van der Waals surface area contributed by atoms with Crippen molar-refractivity contribution >= 4 is 35.2 Å². The van der Waals surface area contributed by atoms with Gasteiger partial charge in [0.15, 0.2) is 0 Å². The lowest BCUT2D eigenvalue weighted by Crippen LogP contribution is -2.51. The number of hydrogen-bond acceptors (Lipinski definition) is 6. The van der Waals surface area contributed by atoms with Crippen molar-refractivity contribution in [1.29, 1.82) is 0 Å². The molecule has 1 saturated heterocycles. The second-order valence-corrected chi connectivity index (χ2v) is 6.83. The van der Waals surface area contributed by atoms with Crippen LogP contribution in [-0.2, 0) is 19.1 Å². The van der Waals surface area contributed by atoms with Crippen molar-refractivity contribution < 1.29 is 23.9 Å². The molecule has 0 aromatic heterocycles. The zero-order valence-corrected chi connectivity index (χ0v) is 15.3.